The average Bonchev–Trinajstić information content (AvgIpc) is 2.67. The SMILES string of the molecule is CCOC(=O)c1cc2c(nc1-c1ccccc1)-c1ccccc1OC2. The molecule has 0 fully saturated rings. The molecule has 4 nitrogen and oxygen atoms in total. The van der Waals surface area contributed by atoms with E-state index in [2.05, 4.69) is 0 Å². The molecule has 0 aliphatic carbocycles. The zero-order valence-corrected chi connectivity index (χ0v) is 13.9. The van der Waals surface area contributed by atoms with E-state index in [0.717, 1.165) is 28.1 Å². The quantitative estimate of drug-likeness (QED) is 0.664. The molecule has 0 atom stereocenters. The van der Waals surface area contributed by atoms with Crippen molar-refractivity contribution in [3.05, 3.63) is 71.8 Å². The molecular weight excluding hydrogens is 314 g/mol. The Kier molecular flexibility index (Phi) is 3.94. The lowest BCUT2D eigenvalue weighted by Gasteiger charge is -2.22. The normalized spacial score (nSPS) is 11.9. The highest BCUT2D eigenvalue weighted by molar-refractivity contribution is 5.97. The van der Waals surface area contributed by atoms with Crippen LogP contribution in [0.5, 0.6) is 5.75 Å². The van der Waals surface area contributed by atoms with Gasteiger partial charge in [-0.25, -0.2) is 9.78 Å². The van der Waals surface area contributed by atoms with Crippen LogP contribution in [0.25, 0.3) is 22.5 Å². The zero-order valence-electron chi connectivity index (χ0n) is 13.9. The molecule has 1 aliphatic rings. The number of para-hydroxylation sites is 1. The predicted molar refractivity (Wildman–Crippen MR) is 95.4 cm³/mol. The smallest absolute Gasteiger partial charge is 0.340 e. The Bertz CT molecular complexity index is 935. The van der Waals surface area contributed by atoms with Crippen molar-refractivity contribution in [2.75, 3.05) is 6.61 Å². The maximum absolute atomic E-state index is 12.5. The predicted octanol–water partition coefficient (Wildman–Crippen LogP) is 4.48. The highest BCUT2D eigenvalue weighted by Gasteiger charge is 2.24. The molecule has 1 aliphatic heterocycles. The topological polar surface area (TPSA) is 48.4 Å². The van der Waals surface area contributed by atoms with Crippen LogP contribution in [0, 0.1) is 0 Å². The van der Waals surface area contributed by atoms with E-state index in [4.69, 9.17) is 14.5 Å². The lowest BCUT2D eigenvalue weighted by molar-refractivity contribution is 0.0526. The fourth-order valence-electron chi connectivity index (χ4n) is 3.02. The zero-order chi connectivity index (χ0) is 17.2. The van der Waals surface area contributed by atoms with Crippen LogP contribution < -0.4 is 4.74 Å². The molecule has 0 bridgehead atoms. The molecule has 3 aromatic rings. The van der Waals surface area contributed by atoms with Crippen LogP contribution >= 0.6 is 0 Å². The Labute approximate surface area is 146 Å². The summed E-state index contributed by atoms with van der Waals surface area (Å²) in [5.41, 5.74) is 4.67. The number of esters is 1. The molecule has 0 N–H and O–H groups in total. The number of carbonyl (C=O) groups is 1. The molecule has 4 rings (SSSR count). The number of benzene rings is 2. The van der Waals surface area contributed by atoms with Crippen molar-refractivity contribution in [3.63, 3.8) is 0 Å². The van der Waals surface area contributed by atoms with Crippen LogP contribution in [0.1, 0.15) is 22.8 Å². The fraction of sp³-hybridized carbons (Fsp3) is 0.143. The van der Waals surface area contributed by atoms with Gasteiger partial charge in [-0.05, 0) is 25.1 Å². The van der Waals surface area contributed by atoms with Crippen LogP contribution in [0.2, 0.25) is 0 Å². The number of nitrogens with zero attached hydrogens (tertiary/aromatic N) is 1. The minimum absolute atomic E-state index is 0.323. The Morgan fingerprint density at radius 3 is 2.64 bits per heavy atom. The van der Waals surface area contributed by atoms with Crippen molar-refractivity contribution in [2.24, 2.45) is 0 Å². The lowest BCUT2D eigenvalue weighted by atomic mass is 9.97. The number of fused-ring (bicyclic) bond motifs is 3. The monoisotopic (exact) mass is 331 g/mol. The van der Waals surface area contributed by atoms with Gasteiger partial charge in [-0.1, -0.05) is 42.5 Å². The standard InChI is InChI=1S/C21H17NO3/c1-2-24-21(23)17-12-15-13-25-18-11-7-6-10-16(18)20(15)22-19(17)14-8-4-3-5-9-14/h3-12H,2,13H2,1H3. The van der Waals surface area contributed by atoms with E-state index in [-0.39, 0.29) is 5.97 Å². The van der Waals surface area contributed by atoms with Crippen LogP contribution in [0.15, 0.2) is 60.7 Å². The van der Waals surface area contributed by atoms with E-state index in [1.807, 2.05) is 60.7 Å². The molecular formula is C21H17NO3. The molecule has 0 radical (unpaired) electrons. The molecule has 0 spiro atoms. The van der Waals surface area contributed by atoms with Crippen LogP contribution in [0.4, 0.5) is 0 Å². The molecule has 124 valence electrons. The van der Waals surface area contributed by atoms with E-state index in [9.17, 15) is 4.79 Å². The first-order valence-corrected chi connectivity index (χ1v) is 8.26. The van der Waals surface area contributed by atoms with Gasteiger partial charge in [0.25, 0.3) is 0 Å². The third-order valence-electron chi connectivity index (χ3n) is 4.17. The van der Waals surface area contributed by atoms with Gasteiger partial charge in [-0.2, -0.15) is 0 Å². The van der Waals surface area contributed by atoms with Crippen molar-refractivity contribution in [3.8, 4) is 28.3 Å². The molecule has 2 aromatic carbocycles. The van der Waals surface area contributed by atoms with Gasteiger partial charge in [0.15, 0.2) is 0 Å². The van der Waals surface area contributed by atoms with Gasteiger partial charge in [0.1, 0.15) is 12.4 Å². The van der Waals surface area contributed by atoms with Gasteiger partial charge in [0, 0.05) is 16.7 Å². The van der Waals surface area contributed by atoms with Gasteiger partial charge in [-0.3, -0.25) is 0 Å². The van der Waals surface area contributed by atoms with Gasteiger partial charge in [0.05, 0.1) is 23.6 Å². The first-order valence-electron chi connectivity index (χ1n) is 8.26. The number of carbonyl (C=O) groups excluding carboxylic acids is 1. The number of rotatable bonds is 3. The van der Waals surface area contributed by atoms with E-state index < -0.39 is 0 Å². The maximum atomic E-state index is 12.5. The summed E-state index contributed by atoms with van der Waals surface area (Å²) < 4.78 is 11.0. The van der Waals surface area contributed by atoms with Crippen molar-refractivity contribution in [1.29, 1.82) is 0 Å². The van der Waals surface area contributed by atoms with Crippen molar-refractivity contribution < 1.29 is 14.3 Å². The van der Waals surface area contributed by atoms with Gasteiger partial charge >= 0.3 is 5.97 Å². The first-order chi connectivity index (χ1) is 12.3. The molecule has 1 aromatic heterocycles. The lowest BCUT2D eigenvalue weighted by Crippen LogP contribution is -2.13. The summed E-state index contributed by atoms with van der Waals surface area (Å²) in [5.74, 6) is 0.445. The Morgan fingerprint density at radius 1 is 1.08 bits per heavy atom. The Balaban J connectivity index is 1.94. The second kappa shape index (κ2) is 6.40. The summed E-state index contributed by atoms with van der Waals surface area (Å²) in [6, 6.07) is 19.4. The highest BCUT2D eigenvalue weighted by atomic mass is 16.5. The summed E-state index contributed by atoms with van der Waals surface area (Å²) in [4.78, 5) is 17.3. The third-order valence-corrected chi connectivity index (χ3v) is 4.17. The highest BCUT2D eigenvalue weighted by Crippen LogP contribution is 2.38. The molecule has 0 amide bonds. The van der Waals surface area contributed by atoms with E-state index in [1.165, 1.54) is 0 Å². The van der Waals surface area contributed by atoms with E-state index in [1.54, 1.807) is 6.92 Å². The second-order valence-corrected chi connectivity index (χ2v) is 5.76. The molecule has 25 heavy (non-hydrogen) atoms. The largest absolute Gasteiger partial charge is 0.488 e. The summed E-state index contributed by atoms with van der Waals surface area (Å²) >= 11 is 0. The minimum atomic E-state index is -0.365. The molecule has 4 heteroatoms. The van der Waals surface area contributed by atoms with Crippen LogP contribution in [0.3, 0.4) is 0 Å². The van der Waals surface area contributed by atoms with Gasteiger partial charge in [-0.15, -0.1) is 0 Å². The van der Waals surface area contributed by atoms with E-state index >= 15 is 0 Å². The number of aromatic nitrogens is 1. The summed E-state index contributed by atoms with van der Waals surface area (Å²) in [6.45, 7) is 2.51. The van der Waals surface area contributed by atoms with E-state index in [0.29, 0.717) is 24.5 Å². The molecule has 0 saturated carbocycles. The first kappa shape index (κ1) is 15.4. The van der Waals surface area contributed by atoms with Gasteiger partial charge in [0.2, 0.25) is 0 Å². The Morgan fingerprint density at radius 2 is 1.84 bits per heavy atom. The second-order valence-electron chi connectivity index (χ2n) is 5.76. The molecule has 0 unspecified atom stereocenters. The summed E-state index contributed by atoms with van der Waals surface area (Å²) in [5, 5.41) is 0. The maximum Gasteiger partial charge on any atom is 0.340 e. The minimum Gasteiger partial charge on any atom is -0.488 e. The summed E-state index contributed by atoms with van der Waals surface area (Å²) in [6.07, 6.45) is 0. The number of ether oxygens (including phenoxy) is 2. The van der Waals surface area contributed by atoms with Crippen LogP contribution in [-0.2, 0) is 11.3 Å². The fourth-order valence-corrected chi connectivity index (χ4v) is 3.02. The number of pyridine rings is 1. The number of hydrogen-bond acceptors (Lipinski definition) is 4. The van der Waals surface area contributed by atoms with Crippen LogP contribution in [-0.4, -0.2) is 17.6 Å². The Hall–Kier alpha value is -3.14. The van der Waals surface area contributed by atoms with Crippen molar-refractivity contribution in [1.82, 2.24) is 4.98 Å². The summed E-state index contributed by atoms with van der Waals surface area (Å²) in [7, 11) is 0. The van der Waals surface area contributed by atoms with Gasteiger partial charge < -0.3 is 9.47 Å². The van der Waals surface area contributed by atoms with Crippen molar-refractivity contribution >= 4 is 5.97 Å². The molecule has 0 saturated heterocycles. The number of hydrogen-bond donors (Lipinski definition) is 0. The third kappa shape index (κ3) is 2.76. The average molecular weight is 331 g/mol. The molecule has 2 heterocycles. The van der Waals surface area contributed by atoms with Crippen molar-refractivity contribution in [2.45, 2.75) is 13.5 Å².